The summed E-state index contributed by atoms with van der Waals surface area (Å²) in [6, 6.07) is 13.3. The average Bonchev–Trinajstić information content (AvgIpc) is 3.13. The maximum atomic E-state index is 12.7. The Morgan fingerprint density at radius 3 is 2.61 bits per heavy atom. The van der Waals surface area contributed by atoms with Crippen molar-refractivity contribution in [2.45, 2.75) is 19.0 Å². The van der Waals surface area contributed by atoms with Crippen molar-refractivity contribution in [2.75, 3.05) is 18.6 Å². The monoisotopic (exact) mass is 332 g/mol. The number of rotatable bonds is 4. The quantitative estimate of drug-likeness (QED) is 0.858. The van der Waals surface area contributed by atoms with Crippen molar-refractivity contribution in [1.82, 2.24) is 9.47 Å². The van der Waals surface area contributed by atoms with Crippen LogP contribution < -0.4 is 0 Å². The van der Waals surface area contributed by atoms with E-state index in [1.807, 2.05) is 47.2 Å². The van der Waals surface area contributed by atoms with Gasteiger partial charge >= 0.3 is 0 Å². The van der Waals surface area contributed by atoms with E-state index < -0.39 is 9.84 Å². The largest absolute Gasteiger partial charge is 0.339 e. The fourth-order valence-corrected chi connectivity index (χ4v) is 4.73. The molecule has 1 atom stereocenters. The first-order valence-corrected chi connectivity index (χ1v) is 9.45. The molecule has 23 heavy (non-hydrogen) atoms. The van der Waals surface area contributed by atoms with Crippen molar-refractivity contribution in [3.63, 3.8) is 0 Å². The van der Waals surface area contributed by atoms with Gasteiger partial charge in [-0.25, -0.2) is 8.42 Å². The van der Waals surface area contributed by atoms with E-state index in [1.165, 1.54) is 0 Å². The van der Waals surface area contributed by atoms with Crippen LogP contribution in [0.5, 0.6) is 0 Å². The first kappa shape index (κ1) is 15.8. The predicted molar refractivity (Wildman–Crippen MR) is 89.1 cm³/mol. The van der Waals surface area contributed by atoms with Gasteiger partial charge in [0.05, 0.1) is 11.5 Å². The molecule has 1 fully saturated rings. The van der Waals surface area contributed by atoms with Crippen molar-refractivity contribution in [1.29, 1.82) is 0 Å². The molecule has 0 aliphatic carbocycles. The number of amides is 1. The van der Waals surface area contributed by atoms with Gasteiger partial charge in [0, 0.05) is 25.8 Å². The second-order valence-corrected chi connectivity index (χ2v) is 8.21. The lowest BCUT2D eigenvalue weighted by Crippen LogP contribution is -2.38. The maximum Gasteiger partial charge on any atom is 0.270 e. The number of hydrogen-bond donors (Lipinski definition) is 0. The van der Waals surface area contributed by atoms with E-state index in [2.05, 4.69) is 0 Å². The van der Waals surface area contributed by atoms with Crippen LogP contribution in [0.3, 0.4) is 0 Å². The van der Waals surface area contributed by atoms with Gasteiger partial charge in [0.25, 0.3) is 5.91 Å². The third-order valence-corrected chi connectivity index (χ3v) is 6.07. The standard InChI is InChI=1S/C17H20N2O3S/c1-18(15-9-11-23(21,22)13-15)17(20)16-8-5-10-19(16)12-14-6-3-2-4-7-14/h2-8,10,15H,9,11-13H2,1H3. The molecule has 2 aromatic rings. The lowest BCUT2D eigenvalue weighted by atomic mass is 10.2. The molecule has 1 amide bonds. The number of benzene rings is 1. The molecule has 122 valence electrons. The van der Waals surface area contributed by atoms with Crippen molar-refractivity contribution < 1.29 is 13.2 Å². The van der Waals surface area contributed by atoms with E-state index in [0.717, 1.165) is 5.56 Å². The summed E-state index contributed by atoms with van der Waals surface area (Å²) in [5.74, 6) is 0.0996. The Morgan fingerprint density at radius 2 is 1.96 bits per heavy atom. The normalized spacial score (nSPS) is 19.6. The molecule has 1 aromatic heterocycles. The minimum absolute atomic E-state index is 0.0641. The Bertz CT molecular complexity index is 796. The van der Waals surface area contributed by atoms with Crippen LogP contribution in [0.25, 0.3) is 0 Å². The molecular formula is C17H20N2O3S. The summed E-state index contributed by atoms with van der Waals surface area (Å²) in [5, 5.41) is 0. The Hall–Kier alpha value is -2.08. The third-order valence-electron chi connectivity index (χ3n) is 4.32. The molecule has 1 aromatic carbocycles. The van der Waals surface area contributed by atoms with Gasteiger partial charge in [-0.05, 0) is 24.1 Å². The lowest BCUT2D eigenvalue weighted by molar-refractivity contribution is 0.0737. The van der Waals surface area contributed by atoms with E-state index in [0.29, 0.717) is 18.7 Å². The Labute approximate surface area is 136 Å². The molecule has 1 aliphatic rings. The molecule has 0 spiro atoms. The summed E-state index contributed by atoms with van der Waals surface area (Å²) < 4.78 is 25.1. The summed E-state index contributed by atoms with van der Waals surface area (Å²) in [4.78, 5) is 14.3. The van der Waals surface area contributed by atoms with Crippen molar-refractivity contribution in [3.8, 4) is 0 Å². The molecule has 1 saturated heterocycles. The fourth-order valence-electron chi connectivity index (χ4n) is 2.95. The third kappa shape index (κ3) is 3.47. The van der Waals surface area contributed by atoms with Crippen LogP contribution in [0.4, 0.5) is 0 Å². The van der Waals surface area contributed by atoms with Crippen molar-refractivity contribution in [2.24, 2.45) is 0 Å². The predicted octanol–water partition coefficient (Wildman–Crippen LogP) is 1.80. The molecule has 0 N–H and O–H groups in total. The molecule has 0 bridgehead atoms. The van der Waals surface area contributed by atoms with Crippen LogP contribution in [0, 0.1) is 0 Å². The molecule has 2 heterocycles. The summed E-state index contributed by atoms with van der Waals surface area (Å²) >= 11 is 0. The Morgan fingerprint density at radius 1 is 1.22 bits per heavy atom. The van der Waals surface area contributed by atoms with E-state index in [1.54, 1.807) is 18.0 Å². The van der Waals surface area contributed by atoms with E-state index in [9.17, 15) is 13.2 Å². The second kappa shape index (κ2) is 6.20. The average molecular weight is 332 g/mol. The maximum absolute atomic E-state index is 12.7. The van der Waals surface area contributed by atoms with Gasteiger partial charge < -0.3 is 9.47 Å². The summed E-state index contributed by atoms with van der Waals surface area (Å²) in [6.07, 6.45) is 2.39. The number of sulfone groups is 1. The van der Waals surface area contributed by atoms with E-state index in [4.69, 9.17) is 0 Å². The summed E-state index contributed by atoms with van der Waals surface area (Å²) in [5.41, 5.74) is 1.70. The molecule has 1 aliphatic heterocycles. The fraction of sp³-hybridized carbons (Fsp3) is 0.353. The Kier molecular flexibility index (Phi) is 4.26. The minimum atomic E-state index is -3.00. The molecule has 0 saturated carbocycles. The number of hydrogen-bond acceptors (Lipinski definition) is 3. The highest BCUT2D eigenvalue weighted by Crippen LogP contribution is 2.19. The van der Waals surface area contributed by atoms with Gasteiger partial charge in [0.2, 0.25) is 0 Å². The van der Waals surface area contributed by atoms with Crippen LogP contribution in [0.2, 0.25) is 0 Å². The SMILES string of the molecule is CN(C(=O)c1cccn1Cc1ccccc1)C1CCS(=O)(=O)C1. The minimum Gasteiger partial charge on any atom is -0.339 e. The highest BCUT2D eigenvalue weighted by atomic mass is 32.2. The zero-order chi connectivity index (χ0) is 16.4. The van der Waals surface area contributed by atoms with Gasteiger partial charge in [-0.1, -0.05) is 30.3 Å². The van der Waals surface area contributed by atoms with E-state index in [-0.39, 0.29) is 23.5 Å². The van der Waals surface area contributed by atoms with Gasteiger partial charge in [-0.2, -0.15) is 0 Å². The molecular weight excluding hydrogens is 312 g/mol. The van der Waals surface area contributed by atoms with Gasteiger partial charge in [0.15, 0.2) is 9.84 Å². The van der Waals surface area contributed by atoms with Crippen LogP contribution >= 0.6 is 0 Å². The highest BCUT2D eigenvalue weighted by Gasteiger charge is 2.33. The van der Waals surface area contributed by atoms with Gasteiger partial charge in [-0.3, -0.25) is 4.79 Å². The van der Waals surface area contributed by atoms with Gasteiger partial charge in [0.1, 0.15) is 5.69 Å². The molecule has 0 radical (unpaired) electrons. The van der Waals surface area contributed by atoms with Crippen LogP contribution in [0.1, 0.15) is 22.5 Å². The molecule has 6 heteroatoms. The number of aromatic nitrogens is 1. The molecule has 1 unspecified atom stereocenters. The topological polar surface area (TPSA) is 59.4 Å². The first-order chi connectivity index (χ1) is 11.0. The molecule has 3 rings (SSSR count). The summed E-state index contributed by atoms with van der Waals surface area (Å²) in [7, 11) is -1.31. The summed E-state index contributed by atoms with van der Waals surface area (Å²) in [6.45, 7) is 0.617. The zero-order valence-electron chi connectivity index (χ0n) is 13.1. The second-order valence-electron chi connectivity index (χ2n) is 5.98. The van der Waals surface area contributed by atoms with Crippen LogP contribution in [-0.4, -0.2) is 48.4 Å². The lowest BCUT2D eigenvalue weighted by Gasteiger charge is -2.24. The first-order valence-electron chi connectivity index (χ1n) is 7.63. The van der Waals surface area contributed by atoms with Crippen molar-refractivity contribution in [3.05, 3.63) is 59.9 Å². The number of carbonyl (C=O) groups is 1. The van der Waals surface area contributed by atoms with Crippen molar-refractivity contribution >= 4 is 15.7 Å². The number of nitrogens with zero attached hydrogens (tertiary/aromatic N) is 2. The molecule has 5 nitrogen and oxygen atoms in total. The van der Waals surface area contributed by atoms with Crippen LogP contribution in [-0.2, 0) is 16.4 Å². The van der Waals surface area contributed by atoms with Gasteiger partial charge in [-0.15, -0.1) is 0 Å². The van der Waals surface area contributed by atoms with Crippen LogP contribution in [0.15, 0.2) is 48.7 Å². The number of carbonyl (C=O) groups excluding carboxylic acids is 1. The smallest absolute Gasteiger partial charge is 0.270 e. The zero-order valence-corrected chi connectivity index (χ0v) is 13.9. The van der Waals surface area contributed by atoms with E-state index >= 15 is 0 Å². The Balaban J connectivity index is 1.77. The highest BCUT2D eigenvalue weighted by molar-refractivity contribution is 7.91.